The second kappa shape index (κ2) is 8.08. The summed E-state index contributed by atoms with van der Waals surface area (Å²) in [5.74, 6) is 0.0540. The van der Waals surface area contributed by atoms with Crippen LogP contribution in [0, 0.1) is 0 Å². The maximum atomic E-state index is 12.6. The molecule has 2 aromatic rings. The number of rotatable bonds is 9. The third-order valence-corrected chi connectivity index (χ3v) is 5.51. The fraction of sp³-hybridized carbons (Fsp3) is 0.526. The van der Waals surface area contributed by atoms with Crippen LogP contribution in [0.15, 0.2) is 28.7 Å². The summed E-state index contributed by atoms with van der Waals surface area (Å²) < 4.78 is 87.9. The zero-order chi connectivity index (χ0) is 23.9. The van der Waals surface area contributed by atoms with Gasteiger partial charge in [0.2, 0.25) is 5.89 Å². The van der Waals surface area contributed by atoms with Crippen molar-refractivity contribution < 1.29 is 45.0 Å². The number of aromatic nitrogens is 2. The van der Waals surface area contributed by atoms with E-state index in [1.54, 1.807) is 0 Å². The molecule has 1 aromatic heterocycles. The first-order valence-corrected chi connectivity index (χ1v) is 9.78. The highest BCUT2D eigenvalue weighted by Crippen LogP contribution is 2.67. The monoisotopic (exact) mass is 480 g/mol. The average molecular weight is 480 g/mol. The number of amides is 1. The van der Waals surface area contributed by atoms with Crippen molar-refractivity contribution in [2.75, 3.05) is 25.1 Å². The Bertz CT molecular complexity index is 985. The molecule has 0 saturated heterocycles. The Morgan fingerprint density at radius 1 is 1.06 bits per heavy atom. The molecule has 2 N–H and O–H groups in total. The summed E-state index contributed by atoms with van der Waals surface area (Å²) in [5.41, 5.74) is -1.65. The van der Waals surface area contributed by atoms with E-state index in [4.69, 9.17) is 9.15 Å². The lowest BCUT2D eigenvalue weighted by Crippen LogP contribution is -2.77. The lowest BCUT2D eigenvalue weighted by Gasteiger charge is -2.68. The molecule has 0 aliphatic heterocycles. The van der Waals surface area contributed by atoms with Gasteiger partial charge in [-0.15, -0.1) is 18.3 Å². The van der Waals surface area contributed by atoms with Crippen LogP contribution < -0.4 is 15.4 Å². The summed E-state index contributed by atoms with van der Waals surface area (Å²) in [6.07, 6.45) is -7.53. The molecule has 1 amide bonds. The van der Waals surface area contributed by atoms with Crippen molar-refractivity contribution in [2.24, 2.45) is 0 Å². The van der Waals surface area contributed by atoms with E-state index in [0.717, 1.165) is 24.3 Å². The van der Waals surface area contributed by atoms with Gasteiger partial charge in [0.1, 0.15) is 5.75 Å². The van der Waals surface area contributed by atoms with Gasteiger partial charge in [-0.1, -0.05) is 5.10 Å². The predicted molar refractivity (Wildman–Crippen MR) is 98.1 cm³/mol. The summed E-state index contributed by atoms with van der Waals surface area (Å²) in [4.78, 5) is 12.2. The van der Waals surface area contributed by atoms with Crippen molar-refractivity contribution >= 4 is 11.9 Å². The van der Waals surface area contributed by atoms with Crippen LogP contribution in [0.1, 0.15) is 30.7 Å². The summed E-state index contributed by atoms with van der Waals surface area (Å²) in [6, 6.07) is 4.00. The maximum Gasteiger partial charge on any atom is 0.522 e. The smallest absolute Gasteiger partial charge is 0.484 e. The van der Waals surface area contributed by atoms with Crippen molar-refractivity contribution in [3.63, 3.8) is 0 Å². The molecule has 0 atom stereocenters. The van der Waals surface area contributed by atoms with Crippen molar-refractivity contribution in [1.29, 1.82) is 0 Å². The molecule has 14 heteroatoms. The van der Waals surface area contributed by atoms with Crippen molar-refractivity contribution in [2.45, 2.75) is 42.8 Å². The molecule has 0 radical (unpaired) electrons. The van der Waals surface area contributed by atoms with Crippen LogP contribution in [0.5, 0.6) is 5.75 Å². The molecule has 33 heavy (non-hydrogen) atoms. The quantitative estimate of drug-likeness (QED) is 0.419. The van der Waals surface area contributed by atoms with E-state index in [1.165, 1.54) is 0 Å². The van der Waals surface area contributed by atoms with Crippen LogP contribution in [0.4, 0.5) is 32.4 Å². The minimum atomic E-state index is -4.71. The molecule has 3 aliphatic rings. The van der Waals surface area contributed by atoms with Crippen molar-refractivity contribution in [3.05, 3.63) is 35.7 Å². The number of hydrogen-bond acceptors (Lipinski definition) is 7. The highest BCUT2D eigenvalue weighted by molar-refractivity contribution is 5.79. The van der Waals surface area contributed by atoms with E-state index in [1.807, 2.05) is 0 Å². The van der Waals surface area contributed by atoms with Crippen LogP contribution >= 0.6 is 0 Å². The summed E-state index contributed by atoms with van der Waals surface area (Å²) in [6.45, 7) is -1.14. The van der Waals surface area contributed by atoms with Crippen LogP contribution in [0.25, 0.3) is 0 Å². The second-order valence-corrected chi connectivity index (χ2v) is 8.08. The molecule has 1 heterocycles. The van der Waals surface area contributed by atoms with E-state index >= 15 is 0 Å². The molecule has 180 valence electrons. The number of anilines is 1. The van der Waals surface area contributed by atoms with Gasteiger partial charge in [-0.3, -0.25) is 9.53 Å². The summed E-state index contributed by atoms with van der Waals surface area (Å²) >= 11 is 0. The normalized spacial score (nSPS) is 23.9. The van der Waals surface area contributed by atoms with E-state index in [0.29, 0.717) is 25.2 Å². The number of halogens is 6. The molecule has 2 bridgehead atoms. The second-order valence-electron chi connectivity index (χ2n) is 8.08. The molecule has 3 aliphatic carbocycles. The molecule has 8 nitrogen and oxygen atoms in total. The third-order valence-electron chi connectivity index (χ3n) is 5.51. The molecule has 5 rings (SSSR count). The van der Waals surface area contributed by atoms with Gasteiger partial charge in [0.05, 0.1) is 17.6 Å². The van der Waals surface area contributed by atoms with Crippen molar-refractivity contribution in [3.8, 4) is 5.75 Å². The lowest BCUT2D eigenvalue weighted by molar-refractivity contribution is -0.322. The number of carbonyl (C=O) groups excluding carboxylic acids is 1. The Morgan fingerprint density at radius 3 is 2.33 bits per heavy atom. The fourth-order valence-corrected chi connectivity index (χ4v) is 4.20. The van der Waals surface area contributed by atoms with Gasteiger partial charge in [0.25, 0.3) is 5.91 Å². The Balaban J connectivity index is 1.19. The molecule has 0 spiro atoms. The summed E-state index contributed by atoms with van der Waals surface area (Å²) in [5, 5.41) is 13.1. The topological polar surface area (TPSA) is 98.5 Å². The van der Waals surface area contributed by atoms with E-state index in [-0.39, 0.29) is 24.9 Å². The van der Waals surface area contributed by atoms with E-state index < -0.39 is 41.6 Å². The number of alkyl halides is 6. The van der Waals surface area contributed by atoms with Gasteiger partial charge in [-0.05, 0) is 43.5 Å². The van der Waals surface area contributed by atoms with Crippen LogP contribution in [-0.4, -0.2) is 47.8 Å². The predicted octanol–water partition coefficient (Wildman–Crippen LogP) is 3.41. The number of carbonyl (C=O) groups is 1. The highest BCUT2D eigenvalue weighted by Gasteiger charge is 2.71. The Morgan fingerprint density at radius 2 is 1.73 bits per heavy atom. The van der Waals surface area contributed by atoms with Gasteiger partial charge >= 0.3 is 18.6 Å². The SMILES string of the molecule is O=C(COc1ccc(C(F)(F)F)cc1)NC12CC(c3nnc(NCCOC(F)(F)F)o3)(C1)C2. The van der Waals surface area contributed by atoms with Crippen LogP contribution in [0.2, 0.25) is 0 Å². The van der Waals surface area contributed by atoms with Gasteiger partial charge in [-0.25, -0.2) is 0 Å². The average Bonchev–Trinajstić information content (AvgIpc) is 3.13. The Kier molecular flexibility index (Phi) is 5.66. The number of nitrogens with one attached hydrogen (secondary N) is 2. The molecule has 1 aromatic carbocycles. The number of hydrogen-bond donors (Lipinski definition) is 2. The first kappa shape index (κ1) is 23.1. The van der Waals surface area contributed by atoms with Crippen LogP contribution in [0.3, 0.4) is 0 Å². The zero-order valence-corrected chi connectivity index (χ0v) is 16.8. The largest absolute Gasteiger partial charge is 0.522 e. The summed E-state index contributed by atoms with van der Waals surface area (Å²) in [7, 11) is 0. The highest BCUT2D eigenvalue weighted by atomic mass is 19.4. The molecule has 0 unspecified atom stereocenters. The third kappa shape index (κ3) is 5.15. The standard InChI is InChI=1S/C19H18F6N4O4/c20-18(21,22)11-1-3-12(4-2-11)31-7-13(30)27-17-8-16(9-17,10-17)14-28-29-15(33-14)26-5-6-32-19(23,24)25/h1-4H,5-10H2,(H,26,29)(H,27,30). The van der Waals surface area contributed by atoms with Gasteiger partial charge in [0.15, 0.2) is 6.61 Å². The van der Waals surface area contributed by atoms with Gasteiger partial charge in [-0.2, -0.15) is 13.2 Å². The molecular weight excluding hydrogens is 462 g/mol. The number of ether oxygens (including phenoxy) is 2. The van der Waals surface area contributed by atoms with E-state index in [9.17, 15) is 31.1 Å². The maximum absolute atomic E-state index is 12.6. The molecule has 3 saturated carbocycles. The number of benzene rings is 1. The van der Waals surface area contributed by atoms with Gasteiger partial charge in [0, 0.05) is 12.1 Å². The van der Waals surface area contributed by atoms with Gasteiger partial charge < -0.3 is 19.8 Å². The lowest BCUT2D eigenvalue weighted by atomic mass is 9.39. The Hall–Kier alpha value is -3.03. The first-order valence-electron chi connectivity index (χ1n) is 9.78. The molecular formula is C19H18F6N4O4. The van der Waals surface area contributed by atoms with Crippen LogP contribution in [-0.2, 0) is 21.1 Å². The van der Waals surface area contributed by atoms with E-state index in [2.05, 4.69) is 25.6 Å². The number of nitrogens with zero attached hydrogens (tertiary/aromatic N) is 2. The Labute approximate surface area is 182 Å². The first-order chi connectivity index (χ1) is 15.4. The minimum Gasteiger partial charge on any atom is -0.484 e. The molecule has 3 fully saturated rings. The van der Waals surface area contributed by atoms with Crippen molar-refractivity contribution in [1.82, 2.24) is 15.5 Å². The zero-order valence-electron chi connectivity index (χ0n) is 16.8. The fourth-order valence-electron chi connectivity index (χ4n) is 4.20. The minimum absolute atomic E-state index is 0.0245.